The highest BCUT2D eigenvalue weighted by molar-refractivity contribution is 5.92. The van der Waals surface area contributed by atoms with E-state index in [9.17, 15) is 4.79 Å². The van der Waals surface area contributed by atoms with Gasteiger partial charge in [-0.2, -0.15) is 0 Å². The van der Waals surface area contributed by atoms with Crippen molar-refractivity contribution in [2.45, 2.75) is 6.54 Å². The highest BCUT2D eigenvalue weighted by atomic mass is 16.5. The minimum atomic E-state index is -0.0286. The fourth-order valence-electron chi connectivity index (χ4n) is 1.67. The van der Waals surface area contributed by atoms with Crippen LogP contribution in [0.4, 0.5) is 0 Å². The molecule has 2 rings (SSSR count). The predicted octanol–water partition coefficient (Wildman–Crippen LogP) is -0.686. The van der Waals surface area contributed by atoms with E-state index < -0.39 is 0 Å². The van der Waals surface area contributed by atoms with Crippen LogP contribution in [0.15, 0.2) is 12.5 Å². The third-order valence-electron chi connectivity index (χ3n) is 2.54. The molecule has 0 bridgehead atoms. The molecule has 2 N–H and O–H groups in total. The van der Waals surface area contributed by atoms with Gasteiger partial charge in [-0.3, -0.25) is 4.79 Å². The summed E-state index contributed by atoms with van der Waals surface area (Å²) < 4.78 is 7.02. The smallest absolute Gasteiger partial charge is 0.274 e. The molecule has 1 saturated heterocycles. The number of aromatic nitrogens is 2. The summed E-state index contributed by atoms with van der Waals surface area (Å²) >= 11 is 0. The number of nitrogens with two attached hydrogens (primary N) is 1. The van der Waals surface area contributed by atoms with Crippen LogP contribution in [0.1, 0.15) is 10.5 Å². The van der Waals surface area contributed by atoms with Crippen LogP contribution >= 0.6 is 0 Å². The second kappa shape index (κ2) is 5.09. The van der Waals surface area contributed by atoms with Gasteiger partial charge in [0.15, 0.2) is 0 Å². The Balaban J connectivity index is 2.01. The lowest BCUT2D eigenvalue weighted by Gasteiger charge is -2.25. The molecule has 0 aromatic carbocycles. The van der Waals surface area contributed by atoms with Gasteiger partial charge in [0, 0.05) is 32.4 Å². The first-order chi connectivity index (χ1) is 7.81. The predicted molar refractivity (Wildman–Crippen MR) is 58.0 cm³/mol. The molecule has 1 aliphatic rings. The molecule has 1 aromatic heterocycles. The lowest BCUT2D eigenvalue weighted by Crippen LogP contribution is -2.40. The maximum Gasteiger partial charge on any atom is 0.274 e. The minimum Gasteiger partial charge on any atom is -0.378 e. The van der Waals surface area contributed by atoms with Crippen molar-refractivity contribution < 1.29 is 9.53 Å². The van der Waals surface area contributed by atoms with Crippen molar-refractivity contribution in [2.75, 3.05) is 32.8 Å². The summed E-state index contributed by atoms with van der Waals surface area (Å²) in [4.78, 5) is 17.8. The van der Waals surface area contributed by atoms with Gasteiger partial charge in [-0.1, -0.05) is 0 Å². The number of imidazole rings is 1. The minimum absolute atomic E-state index is 0.0286. The summed E-state index contributed by atoms with van der Waals surface area (Å²) in [5.74, 6) is -0.0286. The van der Waals surface area contributed by atoms with Crippen LogP contribution in [0, 0.1) is 0 Å². The summed E-state index contributed by atoms with van der Waals surface area (Å²) in [7, 11) is 0. The standard InChI is InChI=1S/C10H16N4O2/c11-1-2-13-7-9(12-8-13)10(15)14-3-5-16-6-4-14/h7-8H,1-6,11H2. The highest BCUT2D eigenvalue weighted by Gasteiger charge is 2.20. The van der Waals surface area contributed by atoms with Crippen LogP contribution in [-0.2, 0) is 11.3 Å². The van der Waals surface area contributed by atoms with Crippen molar-refractivity contribution >= 4 is 5.91 Å². The van der Waals surface area contributed by atoms with Gasteiger partial charge >= 0.3 is 0 Å². The van der Waals surface area contributed by atoms with Crippen molar-refractivity contribution in [3.8, 4) is 0 Å². The van der Waals surface area contributed by atoms with Crippen LogP contribution in [0.2, 0.25) is 0 Å². The van der Waals surface area contributed by atoms with E-state index in [1.54, 1.807) is 17.4 Å². The summed E-state index contributed by atoms with van der Waals surface area (Å²) in [6.45, 7) is 3.72. The highest BCUT2D eigenvalue weighted by Crippen LogP contribution is 2.05. The van der Waals surface area contributed by atoms with Gasteiger partial charge in [-0.05, 0) is 0 Å². The first-order valence-corrected chi connectivity index (χ1v) is 5.40. The average molecular weight is 224 g/mol. The van der Waals surface area contributed by atoms with Gasteiger partial charge in [-0.15, -0.1) is 0 Å². The van der Waals surface area contributed by atoms with Gasteiger partial charge in [-0.25, -0.2) is 4.98 Å². The number of rotatable bonds is 3. The molecule has 0 saturated carbocycles. The third kappa shape index (κ3) is 2.40. The lowest BCUT2D eigenvalue weighted by molar-refractivity contribution is 0.0299. The first-order valence-electron chi connectivity index (χ1n) is 5.40. The normalized spacial score (nSPS) is 16.4. The van der Waals surface area contributed by atoms with Crippen LogP contribution < -0.4 is 5.73 Å². The molecule has 0 unspecified atom stereocenters. The number of carbonyl (C=O) groups excluding carboxylic acids is 1. The molecular formula is C10H16N4O2. The summed E-state index contributed by atoms with van der Waals surface area (Å²) in [6, 6.07) is 0. The Morgan fingerprint density at radius 1 is 1.50 bits per heavy atom. The zero-order chi connectivity index (χ0) is 11.4. The largest absolute Gasteiger partial charge is 0.378 e. The van der Waals surface area contributed by atoms with Crippen molar-refractivity contribution in [2.24, 2.45) is 5.73 Å². The van der Waals surface area contributed by atoms with Gasteiger partial charge in [0.1, 0.15) is 5.69 Å². The molecule has 1 fully saturated rings. The van der Waals surface area contributed by atoms with Crippen LogP contribution in [0.3, 0.4) is 0 Å². The third-order valence-corrected chi connectivity index (χ3v) is 2.54. The maximum absolute atomic E-state index is 12.0. The monoisotopic (exact) mass is 224 g/mol. The molecule has 88 valence electrons. The van der Waals surface area contributed by atoms with E-state index in [0.717, 1.165) is 0 Å². The summed E-state index contributed by atoms with van der Waals surface area (Å²) in [5.41, 5.74) is 5.91. The van der Waals surface area contributed by atoms with Gasteiger partial charge < -0.3 is 19.9 Å². The Morgan fingerprint density at radius 3 is 2.94 bits per heavy atom. The van der Waals surface area contributed by atoms with Crippen LogP contribution in [0.25, 0.3) is 0 Å². The number of morpholine rings is 1. The number of nitrogens with zero attached hydrogens (tertiary/aromatic N) is 3. The van der Waals surface area contributed by atoms with Crippen molar-refractivity contribution in [1.29, 1.82) is 0 Å². The lowest BCUT2D eigenvalue weighted by atomic mass is 10.3. The molecule has 0 atom stereocenters. The van der Waals surface area contributed by atoms with E-state index in [2.05, 4.69) is 4.98 Å². The maximum atomic E-state index is 12.0. The Labute approximate surface area is 94.0 Å². The SMILES string of the molecule is NCCn1cnc(C(=O)N2CCOCC2)c1. The van der Waals surface area contributed by atoms with E-state index in [0.29, 0.717) is 45.1 Å². The molecule has 1 aromatic rings. The Kier molecular flexibility index (Phi) is 3.53. The second-order valence-corrected chi connectivity index (χ2v) is 3.69. The molecular weight excluding hydrogens is 208 g/mol. The van der Waals surface area contributed by atoms with Crippen molar-refractivity contribution in [1.82, 2.24) is 14.5 Å². The molecule has 1 aliphatic heterocycles. The molecule has 2 heterocycles. The van der Waals surface area contributed by atoms with E-state index >= 15 is 0 Å². The fourth-order valence-corrected chi connectivity index (χ4v) is 1.67. The van der Waals surface area contributed by atoms with E-state index in [1.807, 2.05) is 4.57 Å². The van der Waals surface area contributed by atoms with Crippen LogP contribution in [-0.4, -0.2) is 53.2 Å². The average Bonchev–Trinajstić information content (AvgIpc) is 2.78. The van der Waals surface area contributed by atoms with Gasteiger partial charge in [0.2, 0.25) is 0 Å². The fraction of sp³-hybridized carbons (Fsp3) is 0.600. The number of carbonyl (C=O) groups is 1. The van der Waals surface area contributed by atoms with Crippen LogP contribution in [0.5, 0.6) is 0 Å². The topological polar surface area (TPSA) is 73.4 Å². The van der Waals surface area contributed by atoms with Crippen molar-refractivity contribution in [3.63, 3.8) is 0 Å². The number of amides is 1. The molecule has 16 heavy (non-hydrogen) atoms. The molecule has 0 radical (unpaired) electrons. The quantitative estimate of drug-likeness (QED) is 0.738. The first kappa shape index (κ1) is 11.1. The van der Waals surface area contributed by atoms with E-state index in [4.69, 9.17) is 10.5 Å². The summed E-state index contributed by atoms with van der Waals surface area (Å²) in [6.07, 6.45) is 3.38. The molecule has 0 aliphatic carbocycles. The zero-order valence-corrected chi connectivity index (χ0v) is 9.13. The van der Waals surface area contributed by atoms with Gasteiger partial charge in [0.25, 0.3) is 5.91 Å². The molecule has 6 heteroatoms. The Bertz CT molecular complexity index is 357. The molecule has 0 spiro atoms. The van der Waals surface area contributed by atoms with E-state index in [1.165, 1.54) is 0 Å². The number of hydrogen-bond acceptors (Lipinski definition) is 4. The number of ether oxygens (including phenoxy) is 1. The molecule has 6 nitrogen and oxygen atoms in total. The Morgan fingerprint density at radius 2 is 2.25 bits per heavy atom. The second-order valence-electron chi connectivity index (χ2n) is 3.69. The number of hydrogen-bond donors (Lipinski definition) is 1. The zero-order valence-electron chi connectivity index (χ0n) is 9.13. The summed E-state index contributed by atoms with van der Waals surface area (Å²) in [5, 5.41) is 0. The van der Waals surface area contributed by atoms with Gasteiger partial charge in [0.05, 0.1) is 19.5 Å². The van der Waals surface area contributed by atoms with E-state index in [-0.39, 0.29) is 5.91 Å². The Hall–Kier alpha value is -1.40. The van der Waals surface area contributed by atoms with Crippen molar-refractivity contribution in [3.05, 3.63) is 18.2 Å². The molecule has 1 amide bonds.